The second kappa shape index (κ2) is 4.82. The summed E-state index contributed by atoms with van der Waals surface area (Å²) in [5, 5.41) is 0. The molecule has 96 valence electrons. The molecule has 0 amide bonds. The number of ether oxygens (including phenoxy) is 1. The summed E-state index contributed by atoms with van der Waals surface area (Å²) in [7, 11) is 0. The van der Waals surface area contributed by atoms with Crippen LogP contribution < -0.4 is 0 Å². The van der Waals surface area contributed by atoms with Gasteiger partial charge in [0.15, 0.2) is 10.4 Å². The second-order valence-corrected chi connectivity index (χ2v) is 5.31. The van der Waals surface area contributed by atoms with E-state index in [0.29, 0.717) is 5.92 Å². The summed E-state index contributed by atoms with van der Waals surface area (Å²) in [4.78, 5) is 7.79. The van der Waals surface area contributed by atoms with Gasteiger partial charge in [0.25, 0.3) is 0 Å². The van der Waals surface area contributed by atoms with E-state index >= 15 is 0 Å². The van der Waals surface area contributed by atoms with Crippen LogP contribution in [0.2, 0.25) is 0 Å². The van der Waals surface area contributed by atoms with Crippen molar-refractivity contribution in [3.63, 3.8) is 0 Å². The number of aromatic amines is 1. The van der Waals surface area contributed by atoms with Gasteiger partial charge in [0, 0.05) is 25.5 Å². The number of nitrogens with zero attached hydrogens (tertiary/aromatic N) is 2. The lowest BCUT2D eigenvalue weighted by atomic mass is 10.1. The van der Waals surface area contributed by atoms with Crippen molar-refractivity contribution in [3.05, 3.63) is 22.6 Å². The number of hydrogen-bond donors (Lipinski definition) is 1. The van der Waals surface area contributed by atoms with E-state index in [4.69, 9.17) is 17.0 Å². The first-order chi connectivity index (χ1) is 8.74. The maximum atomic E-state index is 5.41. The number of rotatable bonds is 3. The summed E-state index contributed by atoms with van der Waals surface area (Å²) < 4.78 is 8.28. The van der Waals surface area contributed by atoms with Crippen LogP contribution in [0.25, 0.3) is 11.2 Å². The Kier molecular flexibility index (Phi) is 3.18. The highest BCUT2D eigenvalue weighted by atomic mass is 32.1. The highest BCUT2D eigenvalue weighted by molar-refractivity contribution is 7.71. The van der Waals surface area contributed by atoms with Crippen LogP contribution in [0.5, 0.6) is 0 Å². The molecular weight excluding hydrogens is 246 g/mol. The summed E-state index contributed by atoms with van der Waals surface area (Å²) in [6, 6.07) is 4.05. The van der Waals surface area contributed by atoms with Crippen molar-refractivity contribution in [2.24, 2.45) is 5.92 Å². The molecule has 3 rings (SSSR count). The van der Waals surface area contributed by atoms with Gasteiger partial charge < -0.3 is 14.3 Å². The molecule has 1 N–H and O–H groups in total. The second-order valence-electron chi connectivity index (χ2n) is 4.92. The van der Waals surface area contributed by atoms with E-state index in [9.17, 15) is 0 Å². The molecule has 2 aromatic rings. The number of fused-ring (bicyclic) bond motifs is 1. The zero-order chi connectivity index (χ0) is 12.5. The summed E-state index contributed by atoms with van der Waals surface area (Å²) in [5.74, 6) is 0.668. The molecule has 2 aromatic heterocycles. The summed E-state index contributed by atoms with van der Waals surface area (Å²) in [6.07, 6.45) is 2.28. The van der Waals surface area contributed by atoms with Gasteiger partial charge in [-0.05, 0) is 50.0 Å². The van der Waals surface area contributed by atoms with Gasteiger partial charge in [0.1, 0.15) is 0 Å². The van der Waals surface area contributed by atoms with Crippen molar-refractivity contribution in [2.45, 2.75) is 26.3 Å². The highest BCUT2D eigenvalue weighted by Gasteiger charge is 2.16. The van der Waals surface area contributed by atoms with Crippen molar-refractivity contribution < 1.29 is 4.74 Å². The minimum atomic E-state index is 0.668. The van der Waals surface area contributed by atoms with Crippen LogP contribution in [0.15, 0.2) is 12.1 Å². The molecule has 0 bridgehead atoms. The standard InChI is InChI=1S/C13H17N3OS/c1-9-2-3-11-12(14-9)16(13(18)15-11)6-4-10-5-7-17-8-10/h2-3,10H,4-8H2,1H3,(H,15,18). The highest BCUT2D eigenvalue weighted by Crippen LogP contribution is 2.19. The molecule has 3 heterocycles. The van der Waals surface area contributed by atoms with Crippen LogP contribution in [0.3, 0.4) is 0 Å². The number of hydrogen-bond acceptors (Lipinski definition) is 3. The molecule has 0 radical (unpaired) electrons. The van der Waals surface area contributed by atoms with E-state index in [1.165, 1.54) is 6.42 Å². The minimum Gasteiger partial charge on any atom is -0.381 e. The zero-order valence-electron chi connectivity index (χ0n) is 10.5. The number of pyridine rings is 1. The topological polar surface area (TPSA) is 42.8 Å². The Morgan fingerprint density at radius 2 is 2.44 bits per heavy atom. The van der Waals surface area contributed by atoms with Gasteiger partial charge in [0.05, 0.1) is 5.52 Å². The third kappa shape index (κ3) is 2.20. The van der Waals surface area contributed by atoms with Gasteiger partial charge in [-0.15, -0.1) is 0 Å². The van der Waals surface area contributed by atoms with E-state index in [-0.39, 0.29) is 0 Å². The van der Waals surface area contributed by atoms with E-state index in [1.807, 2.05) is 19.1 Å². The van der Waals surface area contributed by atoms with Gasteiger partial charge in [-0.25, -0.2) is 4.98 Å². The lowest BCUT2D eigenvalue weighted by molar-refractivity contribution is 0.183. The van der Waals surface area contributed by atoms with Crippen LogP contribution in [-0.4, -0.2) is 27.7 Å². The van der Waals surface area contributed by atoms with Crippen LogP contribution in [0.1, 0.15) is 18.5 Å². The lowest BCUT2D eigenvalue weighted by Crippen LogP contribution is -2.07. The van der Waals surface area contributed by atoms with Gasteiger partial charge in [-0.1, -0.05) is 0 Å². The molecular formula is C13H17N3OS. The Bertz CT molecular complexity index is 610. The molecule has 1 aliphatic heterocycles. The lowest BCUT2D eigenvalue weighted by Gasteiger charge is -2.08. The Morgan fingerprint density at radius 3 is 3.22 bits per heavy atom. The van der Waals surface area contributed by atoms with E-state index in [1.54, 1.807) is 0 Å². The molecule has 5 heteroatoms. The molecule has 1 unspecified atom stereocenters. The summed E-state index contributed by atoms with van der Waals surface area (Å²) in [6.45, 7) is 4.72. The molecule has 0 saturated carbocycles. The number of imidazole rings is 1. The Balaban J connectivity index is 1.87. The molecule has 0 aromatic carbocycles. The van der Waals surface area contributed by atoms with E-state index in [0.717, 1.165) is 47.8 Å². The van der Waals surface area contributed by atoms with Crippen molar-refractivity contribution in [2.75, 3.05) is 13.2 Å². The van der Waals surface area contributed by atoms with Crippen molar-refractivity contribution in [1.82, 2.24) is 14.5 Å². The average molecular weight is 263 g/mol. The van der Waals surface area contributed by atoms with Crippen LogP contribution in [0.4, 0.5) is 0 Å². The maximum absolute atomic E-state index is 5.41. The first kappa shape index (κ1) is 11.9. The van der Waals surface area contributed by atoms with Gasteiger partial charge in [0.2, 0.25) is 0 Å². The number of nitrogens with one attached hydrogen (secondary N) is 1. The largest absolute Gasteiger partial charge is 0.381 e. The predicted molar refractivity (Wildman–Crippen MR) is 73.2 cm³/mol. The molecule has 1 saturated heterocycles. The first-order valence-electron chi connectivity index (χ1n) is 6.38. The van der Waals surface area contributed by atoms with Gasteiger partial charge in [-0.3, -0.25) is 0 Å². The van der Waals surface area contributed by atoms with Crippen LogP contribution in [0, 0.1) is 17.6 Å². The third-order valence-corrected chi connectivity index (χ3v) is 3.86. The van der Waals surface area contributed by atoms with Crippen LogP contribution in [-0.2, 0) is 11.3 Å². The fourth-order valence-electron chi connectivity index (χ4n) is 2.46. The SMILES string of the molecule is Cc1ccc2[nH]c(=S)n(CCC3CCOC3)c2n1. The molecule has 0 aliphatic carbocycles. The fourth-order valence-corrected chi connectivity index (χ4v) is 2.74. The molecule has 4 nitrogen and oxygen atoms in total. The quantitative estimate of drug-likeness (QED) is 0.866. The minimum absolute atomic E-state index is 0.668. The predicted octanol–water partition coefficient (Wildman–Crippen LogP) is 2.83. The maximum Gasteiger partial charge on any atom is 0.179 e. The van der Waals surface area contributed by atoms with Gasteiger partial charge >= 0.3 is 0 Å². The van der Waals surface area contributed by atoms with Crippen molar-refractivity contribution in [1.29, 1.82) is 0 Å². The first-order valence-corrected chi connectivity index (χ1v) is 6.79. The van der Waals surface area contributed by atoms with Crippen molar-refractivity contribution >= 4 is 23.4 Å². The molecule has 1 atom stereocenters. The molecule has 18 heavy (non-hydrogen) atoms. The fraction of sp³-hybridized carbons (Fsp3) is 0.538. The average Bonchev–Trinajstić information content (AvgIpc) is 2.94. The van der Waals surface area contributed by atoms with Crippen molar-refractivity contribution in [3.8, 4) is 0 Å². The Hall–Kier alpha value is -1.20. The van der Waals surface area contributed by atoms with E-state index < -0.39 is 0 Å². The number of aryl methyl sites for hydroxylation is 2. The smallest absolute Gasteiger partial charge is 0.179 e. The third-order valence-electron chi connectivity index (χ3n) is 3.54. The molecule has 1 fully saturated rings. The Morgan fingerprint density at radius 1 is 1.56 bits per heavy atom. The monoisotopic (exact) mass is 263 g/mol. The Labute approximate surface area is 111 Å². The summed E-state index contributed by atoms with van der Waals surface area (Å²) in [5.41, 5.74) is 3.02. The molecule has 0 spiro atoms. The number of aromatic nitrogens is 3. The molecule has 1 aliphatic rings. The number of H-pyrrole nitrogens is 1. The normalized spacial score (nSPS) is 19.7. The van der Waals surface area contributed by atoms with E-state index in [2.05, 4.69) is 14.5 Å². The van der Waals surface area contributed by atoms with Gasteiger partial charge in [-0.2, -0.15) is 0 Å². The zero-order valence-corrected chi connectivity index (χ0v) is 11.3. The summed E-state index contributed by atoms with van der Waals surface area (Å²) >= 11 is 5.37. The van der Waals surface area contributed by atoms with Crippen LogP contribution >= 0.6 is 12.2 Å².